The monoisotopic (exact) mass is 368 g/mol. The smallest absolute Gasteiger partial charge is 0.351 e. The second-order valence-corrected chi connectivity index (χ2v) is 7.43. The molecule has 2 aliphatic rings. The Morgan fingerprint density at radius 1 is 1.12 bits per heavy atom. The van der Waals surface area contributed by atoms with Gasteiger partial charge in [0.1, 0.15) is 5.03 Å². The molecule has 0 fully saturated rings. The molecular formula is C19H20N4O2S. The number of amides is 3. The van der Waals surface area contributed by atoms with Crippen molar-refractivity contribution in [3.05, 3.63) is 52.2 Å². The number of fused-ring (bicyclic) bond motifs is 2. The minimum Gasteiger partial charge on any atom is -0.366 e. The van der Waals surface area contributed by atoms with Crippen LogP contribution in [-0.4, -0.2) is 16.9 Å². The second-order valence-electron chi connectivity index (χ2n) is 6.60. The number of carbonyl (C=O) groups is 2. The van der Waals surface area contributed by atoms with E-state index in [0.717, 1.165) is 44.2 Å². The Kier molecular flexibility index (Phi) is 4.55. The van der Waals surface area contributed by atoms with Gasteiger partial charge in [0.05, 0.1) is 5.56 Å². The fraction of sp³-hybridized carbons (Fsp3) is 0.316. The summed E-state index contributed by atoms with van der Waals surface area (Å²) in [5.74, 6) is -0.574. The molecule has 7 heteroatoms. The van der Waals surface area contributed by atoms with Crippen LogP contribution in [0.25, 0.3) is 0 Å². The highest BCUT2D eigenvalue weighted by Gasteiger charge is 2.24. The van der Waals surface area contributed by atoms with Crippen molar-refractivity contribution in [2.75, 3.05) is 5.32 Å². The Balaban J connectivity index is 1.60. The molecule has 0 unspecified atom stereocenters. The van der Waals surface area contributed by atoms with Gasteiger partial charge in [-0.05, 0) is 72.9 Å². The van der Waals surface area contributed by atoms with E-state index in [0.29, 0.717) is 16.6 Å². The summed E-state index contributed by atoms with van der Waals surface area (Å²) in [4.78, 5) is 28.0. The molecule has 4 rings (SSSR count). The van der Waals surface area contributed by atoms with E-state index in [2.05, 4.69) is 20.7 Å². The van der Waals surface area contributed by atoms with E-state index >= 15 is 0 Å². The van der Waals surface area contributed by atoms with E-state index in [1.165, 1.54) is 22.3 Å². The quantitative estimate of drug-likeness (QED) is 0.727. The van der Waals surface area contributed by atoms with Crippen molar-refractivity contribution in [2.24, 2.45) is 10.1 Å². The van der Waals surface area contributed by atoms with E-state index in [4.69, 9.17) is 5.73 Å². The van der Waals surface area contributed by atoms with Crippen LogP contribution >= 0.6 is 0 Å². The largest absolute Gasteiger partial charge is 0.366 e. The molecule has 0 aliphatic heterocycles. The second kappa shape index (κ2) is 6.99. The van der Waals surface area contributed by atoms with Gasteiger partial charge in [-0.3, -0.25) is 4.79 Å². The first-order chi connectivity index (χ1) is 12.6. The molecular weight excluding hydrogens is 348 g/mol. The predicted octanol–water partition coefficient (Wildman–Crippen LogP) is 2.75. The first-order valence-corrected chi connectivity index (χ1v) is 9.62. The van der Waals surface area contributed by atoms with E-state index < -0.39 is 11.9 Å². The third-order valence-electron chi connectivity index (χ3n) is 4.99. The summed E-state index contributed by atoms with van der Waals surface area (Å²) in [6.07, 6.45) is 7.98. The number of rotatable bonds is 3. The summed E-state index contributed by atoms with van der Waals surface area (Å²) in [6, 6.07) is 5.13. The molecule has 6 nitrogen and oxygen atoms in total. The zero-order valence-corrected chi connectivity index (χ0v) is 15.2. The maximum absolute atomic E-state index is 12.4. The van der Waals surface area contributed by atoms with Gasteiger partial charge in [0.2, 0.25) is 0 Å². The molecule has 0 saturated heterocycles. The van der Waals surface area contributed by atoms with Crippen LogP contribution in [0.5, 0.6) is 0 Å². The zero-order valence-electron chi connectivity index (χ0n) is 14.3. The lowest BCUT2D eigenvalue weighted by atomic mass is 9.99. The van der Waals surface area contributed by atoms with Crippen LogP contribution in [0.1, 0.15) is 45.5 Å². The number of aryl methyl sites for hydroxylation is 2. The van der Waals surface area contributed by atoms with Crippen molar-refractivity contribution >= 4 is 29.2 Å². The number of benzene rings is 1. The van der Waals surface area contributed by atoms with Crippen LogP contribution in [0.4, 0.5) is 10.5 Å². The number of pyridine rings is 1. The summed E-state index contributed by atoms with van der Waals surface area (Å²) >= 11 is 0.310. The molecule has 3 amide bonds. The van der Waals surface area contributed by atoms with Crippen molar-refractivity contribution in [3.63, 3.8) is 0 Å². The van der Waals surface area contributed by atoms with Crippen LogP contribution in [0.15, 0.2) is 33.8 Å². The molecule has 0 atom stereocenters. The highest BCUT2D eigenvalue weighted by Crippen LogP contribution is 2.38. The Labute approximate surface area is 155 Å². The molecule has 3 N–H and O–H groups in total. The highest BCUT2D eigenvalue weighted by molar-refractivity contribution is 7.68. The Morgan fingerprint density at radius 2 is 1.81 bits per heavy atom. The molecule has 0 radical (unpaired) electrons. The number of anilines is 1. The first kappa shape index (κ1) is 16.9. The van der Waals surface area contributed by atoms with Gasteiger partial charge in [-0.2, -0.15) is 4.36 Å². The number of primary amides is 1. The molecule has 1 heterocycles. The number of nitrogens with two attached hydrogens (primary N) is 1. The average Bonchev–Trinajstić information content (AvgIpc) is 3.29. The minimum absolute atomic E-state index is 0.284. The Morgan fingerprint density at radius 3 is 2.46 bits per heavy atom. The lowest BCUT2D eigenvalue weighted by Crippen LogP contribution is -2.14. The summed E-state index contributed by atoms with van der Waals surface area (Å²) in [5, 5.41) is 3.39. The number of carbonyl (C=O) groups excluding carboxylic acids is 2. The summed E-state index contributed by atoms with van der Waals surface area (Å²) < 4.78 is 4.04. The molecule has 0 saturated carbocycles. The lowest BCUT2D eigenvalue weighted by Gasteiger charge is -2.14. The van der Waals surface area contributed by atoms with Crippen molar-refractivity contribution in [1.82, 2.24) is 4.98 Å². The van der Waals surface area contributed by atoms with Gasteiger partial charge in [0.15, 0.2) is 0 Å². The molecule has 134 valence electrons. The number of hydrogen-bond donors (Lipinski definition) is 3. The topological polar surface area (TPSA) is 97.4 Å². The third-order valence-corrected chi connectivity index (χ3v) is 5.82. The molecule has 0 bridgehead atoms. The fourth-order valence-electron chi connectivity index (χ4n) is 3.86. The molecule has 26 heavy (non-hydrogen) atoms. The standard InChI is InChI=1S/C19H20N4O2S/c20-17(24)15-8-3-9-21-18(15)26-23-19(25)22-16-13-6-1-4-11(13)10-12-5-2-7-14(12)16/h3,8-10,26H,1-2,4-7H2,(H2,20,24)(H,22,25). The zero-order chi connectivity index (χ0) is 18.1. The van der Waals surface area contributed by atoms with Crippen molar-refractivity contribution in [2.45, 2.75) is 43.6 Å². The van der Waals surface area contributed by atoms with Crippen LogP contribution in [0, 0.1) is 0 Å². The number of hydrogen-bond acceptors (Lipinski definition) is 3. The molecule has 2 aromatic rings. The molecule has 0 spiro atoms. The van der Waals surface area contributed by atoms with Crippen molar-refractivity contribution < 1.29 is 9.59 Å². The maximum Gasteiger partial charge on any atom is 0.351 e. The van der Waals surface area contributed by atoms with Crippen LogP contribution in [0.2, 0.25) is 0 Å². The highest BCUT2D eigenvalue weighted by atomic mass is 32.1. The van der Waals surface area contributed by atoms with Gasteiger partial charge in [-0.1, -0.05) is 17.6 Å². The van der Waals surface area contributed by atoms with Crippen LogP contribution in [0.3, 0.4) is 0 Å². The number of aromatic nitrogens is 1. The van der Waals surface area contributed by atoms with Gasteiger partial charge in [-0.15, -0.1) is 0 Å². The Bertz CT molecular complexity index is 907. The van der Waals surface area contributed by atoms with Gasteiger partial charge in [0.25, 0.3) is 5.91 Å². The normalized spacial score (nSPS) is 15.4. The molecule has 2 aliphatic carbocycles. The summed E-state index contributed by atoms with van der Waals surface area (Å²) in [5.41, 5.74) is 11.8. The maximum atomic E-state index is 12.4. The van der Waals surface area contributed by atoms with Crippen molar-refractivity contribution in [1.29, 1.82) is 0 Å². The van der Waals surface area contributed by atoms with Crippen LogP contribution in [-0.2, 0) is 37.2 Å². The minimum atomic E-state index is -0.574. The van der Waals surface area contributed by atoms with Gasteiger partial charge in [-0.25, -0.2) is 9.78 Å². The first-order valence-electron chi connectivity index (χ1n) is 8.77. The fourth-order valence-corrected chi connectivity index (χ4v) is 4.51. The average molecular weight is 368 g/mol. The van der Waals surface area contributed by atoms with E-state index in [1.807, 2.05) is 0 Å². The number of nitrogens with one attached hydrogen (secondary N) is 1. The van der Waals surface area contributed by atoms with Gasteiger partial charge in [0, 0.05) is 11.9 Å². The molecule has 1 aromatic heterocycles. The Hall–Kier alpha value is -2.54. The van der Waals surface area contributed by atoms with Crippen molar-refractivity contribution in [3.8, 4) is 0 Å². The summed E-state index contributed by atoms with van der Waals surface area (Å²) in [6.45, 7) is 0. The molecule has 1 aromatic carbocycles. The van der Waals surface area contributed by atoms with Crippen LogP contribution < -0.4 is 11.1 Å². The lowest BCUT2D eigenvalue weighted by molar-refractivity contribution is 0.0997. The number of thiol groups is 1. The predicted molar refractivity (Wildman–Crippen MR) is 102 cm³/mol. The van der Waals surface area contributed by atoms with E-state index in [1.54, 1.807) is 18.3 Å². The van der Waals surface area contributed by atoms with Gasteiger partial charge < -0.3 is 11.1 Å². The van der Waals surface area contributed by atoms with E-state index in [-0.39, 0.29) is 5.56 Å². The number of urea groups is 1. The third kappa shape index (κ3) is 3.14. The SMILES string of the molecule is NC(=O)c1cccnc1/[SH]=N\C(=O)Nc1c2c(cc3c1CCC3)CCC2. The number of nitrogens with zero attached hydrogens (tertiary/aromatic N) is 2. The van der Waals surface area contributed by atoms with Gasteiger partial charge >= 0.3 is 6.03 Å². The van der Waals surface area contributed by atoms with E-state index in [9.17, 15) is 9.59 Å². The summed E-state index contributed by atoms with van der Waals surface area (Å²) in [7, 11) is 0.